The van der Waals surface area contributed by atoms with E-state index in [1.54, 1.807) is 11.3 Å². The Morgan fingerprint density at radius 3 is 2.09 bits per heavy atom. The van der Waals surface area contributed by atoms with Crippen LogP contribution in [-0.2, 0) is 4.79 Å². The molecule has 4 rings (SSSR count). The Morgan fingerprint density at radius 2 is 1.51 bits per heavy atom. The molecule has 0 aliphatic rings. The molecule has 1 amide bonds. The second kappa shape index (κ2) is 11.8. The number of amides is 1. The summed E-state index contributed by atoms with van der Waals surface area (Å²) in [5.74, 6) is 0.0593. The lowest BCUT2D eigenvalue weighted by atomic mass is 9.88. The van der Waals surface area contributed by atoms with Crippen LogP contribution < -0.4 is 4.90 Å². The summed E-state index contributed by atoms with van der Waals surface area (Å²) < 4.78 is 1.05. The molecule has 6 heteroatoms. The van der Waals surface area contributed by atoms with Crippen molar-refractivity contribution in [3.63, 3.8) is 0 Å². The van der Waals surface area contributed by atoms with E-state index in [1.165, 1.54) is 0 Å². The molecule has 0 radical (unpaired) electrons. The third kappa shape index (κ3) is 5.92. The van der Waals surface area contributed by atoms with Gasteiger partial charge in [-0.1, -0.05) is 97.4 Å². The summed E-state index contributed by atoms with van der Waals surface area (Å²) in [7, 11) is 0. The molecule has 4 nitrogen and oxygen atoms in total. The monoisotopic (exact) mass is 505 g/mol. The van der Waals surface area contributed by atoms with E-state index >= 15 is 0 Å². The van der Waals surface area contributed by atoms with Crippen molar-refractivity contribution in [2.24, 2.45) is 0 Å². The molecule has 1 aromatic heterocycles. The topological polar surface area (TPSA) is 36.4 Å². The summed E-state index contributed by atoms with van der Waals surface area (Å²) in [5, 5.41) is 1.44. The number of aryl methyl sites for hydroxylation is 1. The Bertz CT molecular complexity index is 1220. The zero-order valence-corrected chi connectivity index (χ0v) is 22.1. The first-order valence-electron chi connectivity index (χ1n) is 12.2. The zero-order valence-electron chi connectivity index (χ0n) is 20.6. The lowest BCUT2D eigenvalue weighted by Crippen LogP contribution is -2.39. The molecule has 0 spiro atoms. The lowest BCUT2D eigenvalue weighted by molar-refractivity contribution is -0.118. The van der Waals surface area contributed by atoms with Gasteiger partial charge < -0.3 is 4.90 Å². The van der Waals surface area contributed by atoms with Gasteiger partial charge in [0.2, 0.25) is 5.91 Å². The van der Waals surface area contributed by atoms with Crippen LogP contribution in [0.15, 0.2) is 72.8 Å². The van der Waals surface area contributed by atoms with E-state index in [9.17, 15) is 4.79 Å². The fraction of sp³-hybridized carbons (Fsp3) is 0.310. The third-order valence-corrected chi connectivity index (χ3v) is 8.04. The average molecular weight is 506 g/mol. The number of hydrogen-bond donors (Lipinski definition) is 0. The van der Waals surface area contributed by atoms with Gasteiger partial charge in [-0.3, -0.25) is 9.69 Å². The molecule has 0 unspecified atom stereocenters. The molecule has 0 saturated heterocycles. The van der Waals surface area contributed by atoms with Gasteiger partial charge in [0.25, 0.3) is 0 Å². The van der Waals surface area contributed by atoms with Crippen LogP contribution in [0.4, 0.5) is 5.13 Å². The molecule has 182 valence electrons. The van der Waals surface area contributed by atoms with Gasteiger partial charge in [-0.2, -0.15) is 0 Å². The third-order valence-electron chi connectivity index (χ3n) is 6.59. The number of hydrogen-bond acceptors (Lipinski definition) is 4. The molecule has 0 bridgehead atoms. The molecule has 0 atom stereocenters. The van der Waals surface area contributed by atoms with Crippen LogP contribution in [0.3, 0.4) is 0 Å². The number of halogens is 1. The number of carbonyl (C=O) groups is 1. The first kappa shape index (κ1) is 25.4. The number of benzene rings is 3. The minimum Gasteiger partial charge on any atom is -0.302 e. The first-order chi connectivity index (χ1) is 17.0. The summed E-state index contributed by atoms with van der Waals surface area (Å²) in [6, 6.07) is 24.5. The molecule has 35 heavy (non-hydrogen) atoms. The van der Waals surface area contributed by atoms with E-state index < -0.39 is 0 Å². The number of likely N-dealkylation sites (N-methyl/N-ethyl adjacent to an activating group) is 1. The fourth-order valence-electron chi connectivity index (χ4n) is 4.40. The summed E-state index contributed by atoms with van der Waals surface area (Å²) in [6.45, 7) is 9.59. The molecule has 1 heterocycles. The van der Waals surface area contributed by atoms with Crippen LogP contribution in [-0.4, -0.2) is 42.0 Å². The van der Waals surface area contributed by atoms with Crippen molar-refractivity contribution in [2.45, 2.75) is 33.1 Å². The van der Waals surface area contributed by atoms with Crippen molar-refractivity contribution in [3.05, 3.63) is 94.5 Å². The standard InChI is InChI=1S/C29H32ClN3OS/c1-4-32(5-2)18-19-33(29-31-28-21(3)25(30)16-17-26(28)35-29)27(34)20-24(22-12-8-6-9-13-22)23-14-10-7-11-15-23/h6-17,24H,4-5,18-20H2,1-3H3. The van der Waals surface area contributed by atoms with Crippen molar-refractivity contribution in [1.29, 1.82) is 0 Å². The molecule has 0 saturated carbocycles. The molecule has 3 aromatic carbocycles. The summed E-state index contributed by atoms with van der Waals surface area (Å²) in [6.07, 6.45) is 0.377. The molecule has 0 fully saturated rings. The van der Waals surface area contributed by atoms with Crippen LogP contribution in [0.2, 0.25) is 5.02 Å². The van der Waals surface area contributed by atoms with E-state index in [4.69, 9.17) is 16.6 Å². The van der Waals surface area contributed by atoms with Crippen LogP contribution in [0.1, 0.15) is 42.9 Å². The van der Waals surface area contributed by atoms with Gasteiger partial charge in [-0.25, -0.2) is 4.98 Å². The maximum atomic E-state index is 14.0. The number of nitrogens with zero attached hydrogens (tertiary/aromatic N) is 3. The number of carbonyl (C=O) groups excluding carboxylic acids is 1. The zero-order chi connectivity index (χ0) is 24.8. The fourth-order valence-corrected chi connectivity index (χ4v) is 5.62. The Morgan fingerprint density at radius 1 is 0.914 bits per heavy atom. The van der Waals surface area contributed by atoms with Crippen molar-refractivity contribution in [1.82, 2.24) is 9.88 Å². The molecule has 0 N–H and O–H groups in total. The van der Waals surface area contributed by atoms with Gasteiger partial charge in [0.1, 0.15) is 0 Å². The van der Waals surface area contributed by atoms with Crippen molar-refractivity contribution < 1.29 is 4.79 Å². The summed E-state index contributed by atoms with van der Waals surface area (Å²) >= 11 is 7.92. The normalized spacial score (nSPS) is 11.5. The summed E-state index contributed by atoms with van der Waals surface area (Å²) in [4.78, 5) is 23.1. The number of anilines is 1. The van der Waals surface area contributed by atoms with Crippen LogP contribution in [0, 0.1) is 6.92 Å². The number of thiazole rings is 1. The highest BCUT2D eigenvalue weighted by Crippen LogP contribution is 2.35. The number of rotatable bonds is 10. The van der Waals surface area contributed by atoms with Crippen molar-refractivity contribution in [3.8, 4) is 0 Å². The van der Waals surface area contributed by atoms with Gasteiger partial charge in [0.15, 0.2) is 5.13 Å². The number of fused-ring (bicyclic) bond motifs is 1. The largest absolute Gasteiger partial charge is 0.302 e. The van der Waals surface area contributed by atoms with Gasteiger partial charge in [0.05, 0.1) is 10.2 Å². The Labute approximate surface area is 217 Å². The molecule has 4 aromatic rings. The first-order valence-corrected chi connectivity index (χ1v) is 13.4. The average Bonchev–Trinajstić information content (AvgIpc) is 3.33. The van der Waals surface area contributed by atoms with Gasteiger partial charge in [-0.05, 0) is 48.8 Å². The van der Waals surface area contributed by atoms with Gasteiger partial charge in [-0.15, -0.1) is 0 Å². The summed E-state index contributed by atoms with van der Waals surface area (Å²) in [5.41, 5.74) is 4.11. The second-order valence-corrected chi connectivity index (χ2v) is 10.1. The minimum absolute atomic E-state index is 0.0218. The number of aromatic nitrogens is 1. The predicted octanol–water partition coefficient (Wildman–Crippen LogP) is 7.16. The molecular formula is C29H32ClN3OS. The highest BCUT2D eigenvalue weighted by Gasteiger charge is 2.26. The van der Waals surface area contributed by atoms with Gasteiger partial charge in [0, 0.05) is 30.5 Å². The Balaban J connectivity index is 1.69. The lowest BCUT2D eigenvalue weighted by Gasteiger charge is -2.26. The van der Waals surface area contributed by atoms with E-state index in [0.29, 0.717) is 18.0 Å². The molecule has 0 aliphatic carbocycles. The van der Waals surface area contributed by atoms with E-state index in [1.807, 2.05) is 60.4 Å². The minimum atomic E-state index is -0.0218. The van der Waals surface area contributed by atoms with Crippen molar-refractivity contribution in [2.75, 3.05) is 31.1 Å². The predicted molar refractivity (Wildman–Crippen MR) is 149 cm³/mol. The Hall–Kier alpha value is -2.73. The van der Waals surface area contributed by atoms with E-state index in [0.717, 1.165) is 51.7 Å². The molecular weight excluding hydrogens is 474 g/mol. The van der Waals surface area contributed by atoms with Crippen LogP contribution >= 0.6 is 22.9 Å². The maximum Gasteiger partial charge on any atom is 0.229 e. The highest BCUT2D eigenvalue weighted by atomic mass is 35.5. The SMILES string of the molecule is CCN(CC)CCN(C(=O)CC(c1ccccc1)c1ccccc1)c1nc2c(C)c(Cl)ccc2s1. The quantitative estimate of drug-likeness (QED) is 0.229. The van der Waals surface area contributed by atoms with Crippen molar-refractivity contribution >= 4 is 44.2 Å². The Kier molecular flexibility index (Phi) is 8.55. The van der Waals surface area contributed by atoms with E-state index in [2.05, 4.69) is 43.0 Å². The van der Waals surface area contributed by atoms with Crippen LogP contribution in [0.25, 0.3) is 10.2 Å². The maximum absolute atomic E-state index is 14.0. The molecule has 0 aliphatic heterocycles. The van der Waals surface area contributed by atoms with Gasteiger partial charge >= 0.3 is 0 Å². The smallest absolute Gasteiger partial charge is 0.229 e. The highest BCUT2D eigenvalue weighted by molar-refractivity contribution is 7.22. The second-order valence-electron chi connectivity index (χ2n) is 8.67. The van der Waals surface area contributed by atoms with E-state index in [-0.39, 0.29) is 11.8 Å². The van der Waals surface area contributed by atoms with Crippen LogP contribution in [0.5, 0.6) is 0 Å².